The summed E-state index contributed by atoms with van der Waals surface area (Å²) in [5.74, 6) is 0.852. The molecular weight excluding hydrogens is 344 g/mol. The van der Waals surface area contributed by atoms with Crippen molar-refractivity contribution in [3.63, 3.8) is 0 Å². The number of carbonyl (C=O) groups is 1. The number of fused-ring (bicyclic) bond motifs is 1. The summed E-state index contributed by atoms with van der Waals surface area (Å²) in [6, 6.07) is 9.89. The molecule has 128 valence electrons. The van der Waals surface area contributed by atoms with Crippen molar-refractivity contribution >= 4 is 33.8 Å². The minimum absolute atomic E-state index is 0.0385. The number of benzene rings is 1. The van der Waals surface area contributed by atoms with Crippen molar-refractivity contribution in [1.29, 1.82) is 0 Å². The average Bonchev–Trinajstić information content (AvgIpc) is 2.86. The number of halogens is 1. The number of rotatable bonds is 4. The first-order valence-electron chi connectivity index (χ1n) is 8.07. The Morgan fingerprint density at radius 2 is 2.25 bits per heavy atom. The molecule has 4 nitrogen and oxygen atoms in total. The fourth-order valence-electron chi connectivity index (χ4n) is 2.84. The van der Waals surface area contributed by atoms with Gasteiger partial charge in [-0.05, 0) is 30.7 Å². The van der Waals surface area contributed by atoms with E-state index in [1.54, 1.807) is 11.3 Å². The van der Waals surface area contributed by atoms with Gasteiger partial charge in [-0.3, -0.25) is 9.69 Å². The van der Waals surface area contributed by atoms with Crippen LogP contribution in [0.3, 0.4) is 0 Å². The van der Waals surface area contributed by atoms with Crippen LogP contribution in [0.25, 0.3) is 0 Å². The van der Waals surface area contributed by atoms with E-state index in [1.807, 2.05) is 24.3 Å². The number of nitrogens with zero attached hydrogens (tertiary/aromatic N) is 1. The van der Waals surface area contributed by atoms with E-state index in [-0.39, 0.29) is 12.0 Å². The van der Waals surface area contributed by atoms with Crippen molar-refractivity contribution in [2.45, 2.75) is 39.5 Å². The summed E-state index contributed by atoms with van der Waals surface area (Å²) in [5, 5.41) is 4.43. The molecule has 1 aliphatic rings. The minimum atomic E-state index is -0.0385. The van der Waals surface area contributed by atoms with Crippen LogP contribution in [0.4, 0.5) is 5.00 Å². The van der Waals surface area contributed by atoms with E-state index < -0.39 is 0 Å². The van der Waals surface area contributed by atoms with Crippen LogP contribution in [-0.2, 0) is 17.9 Å². The van der Waals surface area contributed by atoms with E-state index >= 15 is 0 Å². The van der Waals surface area contributed by atoms with Gasteiger partial charge < -0.3 is 10.1 Å². The third kappa shape index (κ3) is 4.29. The second kappa shape index (κ2) is 7.55. The first-order valence-corrected chi connectivity index (χ1v) is 9.26. The third-order valence-electron chi connectivity index (χ3n) is 3.97. The van der Waals surface area contributed by atoms with Gasteiger partial charge in [0.2, 0.25) is 5.91 Å². The van der Waals surface area contributed by atoms with E-state index in [4.69, 9.17) is 16.3 Å². The molecule has 6 heteroatoms. The highest BCUT2D eigenvalue weighted by Gasteiger charge is 2.22. The van der Waals surface area contributed by atoms with Crippen molar-refractivity contribution in [3.05, 3.63) is 45.8 Å². The Morgan fingerprint density at radius 3 is 3.00 bits per heavy atom. The van der Waals surface area contributed by atoms with E-state index in [0.717, 1.165) is 42.4 Å². The number of carbonyl (C=O) groups excluding carboxylic acids is 1. The van der Waals surface area contributed by atoms with Gasteiger partial charge in [-0.2, -0.15) is 0 Å². The number of amides is 1. The van der Waals surface area contributed by atoms with Gasteiger partial charge in [0.05, 0.1) is 5.00 Å². The van der Waals surface area contributed by atoms with Gasteiger partial charge in [-0.15, -0.1) is 11.3 Å². The van der Waals surface area contributed by atoms with E-state index in [9.17, 15) is 4.79 Å². The van der Waals surface area contributed by atoms with Crippen LogP contribution < -0.4 is 10.1 Å². The molecule has 1 aromatic heterocycles. The number of ether oxygens (including phenoxy) is 1. The Hall–Kier alpha value is -1.56. The molecule has 1 amide bonds. The van der Waals surface area contributed by atoms with Crippen molar-refractivity contribution in [2.24, 2.45) is 0 Å². The van der Waals surface area contributed by atoms with Crippen molar-refractivity contribution in [2.75, 3.05) is 11.9 Å². The number of thiophene rings is 1. The van der Waals surface area contributed by atoms with Gasteiger partial charge in [0.25, 0.3) is 0 Å². The first kappa shape index (κ1) is 17.3. The number of anilines is 1. The summed E-state index contributed by atoms with van der Waals surface area (Å²) in [4.78, 5) is 14.8. The quantitative estimate of drug-likeness (QED) is 0.866. The molecule has 0 saturated heterocycles. The molecule has 3 rings (SSSR count). The van der Waals surface area contributed by atoms with E-state index in [0.29, 0.717) is 5.02 Å². The van der Waals surface area contributed by atoms with Gasteiger partial charge in [-0.25, -0.2) is 0 Å². The number of hydrogen-bond acceptors (Lipinski definition) is 4. The highest BCUT2D eigenvalue weighted by Crippen LogP contribution is 2.31. The summed E-state index contributed by atoms with van der Waals surface area (Å²) in [7, 11) is 0. The smallest absolute Gasteiger partial charge is 0.221 e. The second-order valence-corrected chi connectivity index (χ2v) is 7.62. The topological polar surface area (TPSA) is 41.6 Å². The van der Waals surface area contributed by atoms with Crippen molar-refractivity contribution in [1.82, 2.24) is 4.90 Å². The summed E-state index contributed by atoms with van der Waals surface area (Å²) in [5.41, 5.74) is 1.16. The van der Waals surface area contributed by atoms with E-state index in [1.165, 1.54) is 11.8 Å². The van der Waals surface area contributed by atoms with Gasteiger partial charge >= 0.3 is 0 Å². The monoisotopic (exact) mass is 364 g/mol. The van der Waals surface area contributed by atoms with E-state index in [2.05, 4.69) is 23.2 Å². The van der Waals surface area contributed by atoms with Crippen LogP contribution in [-0.4, -0.2) is 23.5 Å². The molecule has 1 N–H and O–H groups in total. The maximum atomic E-state index is 11.2. The SMILES string of the molecule is CCC1CN(Cc2ccc(NC(C)=O)s2)Cc2ccc(Cl)cc2O1. The zero-order chi connectivity index (χ0) is 17.1. The highest BCUT2D eigenvalue weighted by molar-refractivity contribution is 7.16. The zero-order valence-electron chi connectivity index (χ0n) is 13.8. The van der Waals surface area contributed by atoms with Crippen LogP contribution in [0.5, 0.6) is 5.75 Å². The molecule has 1 aromatic carbocycles. The fraction of sp³-hybridized carbons (Fsp3) is 0.389. The summed E-state index contributed by atoms with van der Waals surface area (Å²) in [6.45, 7) is 6.20. The maximum absolute atomic E-state index is 11.2. The summed E-state index contributed by atoms with van der Waals surface area (Å²) >= 11 is 7.72. The molecule has 0 spiro atoms. The molecule has 0 fully saturated rings. The Morgan fingerprint density at radius 1 is 1.42 bits per heavy atom. The van der Waals surface area contributed by atoms with Crippen molar-refractivity contribution in [3.8, 4) is 5.75 Å². The van der Waals surface area contributed by atoms with Crippen LogP contribution in [0.2, 0.25) is 5.02 Å². The maximum Gasteiger partial charge on any atom is 0.221 e. The molecule has 24 heavy (non-hydrogen) atoms. The molecule has 1 unspecified atom stereocenters. The Balaban J connectivity index is 1.76. The Bertz CT molecular complexity index is 732. The largest absolute Gasteiger partial charge is 0.489 e. The Kier molecular flexibility index (Phi) is 5.43. The molecule has 0 aliphatic carbocycles. The highest BCUT2D eigenvalue weighted by atomic mass is 35.5. The third-order valence-corrected chi connectivity index (χ3v) is 5.19. The Labute approximate surface area is 151 Å². The molecule has 2 heterocycles. The lowest BCUT2D eigenvalue weighted by Crippen LogP contribution is -2.31. The second-order valence-electron chi connectivity index (χ2n) is 6.02. The van der Waals surface area contributed by atoms with Gasteiger partial charge in [0.1, 0.15) is 11.9 Å². The molecule has 0 saturated carbocycles. The normalized spacial score (nSPS) is 17.7. The number of nitrogens with one attached hydrogen (secondary N) is 1. The van der Waals surface area contributed by atoms with Crippen molar-refractivity contribution < 1.29 is 9.53 Å². The van der Waals surface area contributed by atoms with Crippen LogP contribution in [0.15, 0.2) is 30.3 Å². The van der Waals surface area contributed by atoms with Crippen LogP contribution >= 0.6 is 22.9 Å². The minimum Gasteiger partial charge on any atom is -0.489 e. The fourth-order valence-corrected chi connectivity index (χ4v) is 3.99. The first-order chi connectivity index (χ1) is 11.5. The molecule has 1 aliphatic heterocycles. The standard InChI is InChI=1S/C18H21ClN2O2S/c1-3-15-10-21(9-13-4-5-14(19)8-17(13)23-15)11-16-6-7-18(24-16)20-12(2)22/h4-8,15H,3,9-11H2,1-2H3,(H,20,22). The summed E-state index contributed by atoms with van der Waals surface area (Å²) < 4.78 is 6.13. The lowest BCUT2D eigenvalue weighted by molar-refractivity contribution is -0.114. The zero-order valence-corrected chi connectivity index (χ0v) is 15.4. The van der Waals surface area contributed by atoms with Gasteiger partial charge in [-0.1, -0.05) is 24.6 Å². The molecule has 0 bridgehead atoms. The lowest BCUT2D eigenvalue weighted by Gasteiger charge is -2.22. The van der Waals surface area contributed by atoms with Gasteiger partial charge in [0.15, 0.2) is 0 Å². The molecule has 1 atom stereocenters. The van der Waals surface area contributed by atoms with Gasteiger partial charge in [0, 0.05) is 42.0 Å². The number of hydrogen-bond donors (Lipinski definition) is 1. The average molecular weight is 365 g/mol. The summed E-state index contributed by atoms with van der Waals surface area (Å²) in [6.07, 6.45) is 1.10. The molecular formula is C18H21ClN2O2S. The molecule has 2 aromatic rings. The van der Waals surface area contributed by atoms with Crippen LogP contribution in [0.1, 0.15) is 30.7 Å². The van der Waals surface area contributed by atoms with Crippen LogP contribution in [0, 0.1) is 0 Å². The predicted octanol–water partition coefficient (Wildman–Crippen LogP) is 4.53. The molecule has 0 radical (unpaired) electrons. The lowest BCUT2D eigenvalue weighted by atomic mass is 10.2. The predicted molar refractivity (Wildman–Crippen MR) is 98.9 cm³/mol.